The van der Waals surface area contributed by atoms with Crippen LogP contribution in [0.5, 0.6) is 11.5 Å². The van der Waals surface area contributed by atoms with Crippen molar-refractivity contribution in [1.29, 1.82) is 0 Å². The number of hydrogen-bond donors (Lipinski definition) is 0. The molecule has 0 aliphatic carbocycles. The van der Waals surface area contributed by atoms with Crippen molar-refractivity contribution in [2.75, 3.05) is 7.11 Å². The standard InChI is InChI=1S/C28H23Cl2N3O4/c1-4-16(2)36-26-18(12-20(30)14-24(26)35-3)15-31-33-27(32-22-8-6-5-7-21(22)28(33)34)25-13-17-11-19(29)9-10-23(17)37-25/h5-16H,4H2,1-3H3/t16-/m1/s1. The predicted molar refractivity (Wildman–Crippen MR) is 148 cm³/mol. The van der Waals surface area contributed by atoms with Crippen LogP contribution in [0.25, 0.3) is 33.5 Å². The number of aromatic nitrogens is 2. The molecule has 0 aliphatic rings. The first-order valence-corrected chi connectivity index (χ1v) is 12.4. The average Bonchev–Trinajstić information content (AvgIpc) is 3.32. The number of ether oxygens (including phenoxy) is 2. The minimum atomic E-state index is -0.353. The molecule has 1 atom stereocenters. The SMILES string of the molecule is CC[C@@H](C)Oc1c(C=Nn2c(-c3cc4cc(Cl)ccc4o3)nc3ccccc3c2=O)cc(Cl)cc1OC. The Morgan fingerprint density at radius 2 is 1.92 bits per heavy atom. The number of furan rings is 1. The molecule has 37 heavy (non-hydrogen) atoms. The highest BCUT2D eigenvalue weighted by Gasteiger charge is 2.18. The van der Waals surface area contributed by atoms with E-state index in [0.29, 0.717) is 49.4 Å². The third-order valence-corrected chi connectivity index (χ3v) is 6.38. The number of fused-ring (bicyclic) bond motifs is 2. The highest BCUT2D eigenvalue weighted by molar-refractivity contribution is 6.31. The van der Waals surface area contributed by atoms with Gasteiger partial charge >= 0.3 is 0 Å². The Labute approximate surface area is 222 Å². The Morgan fingerprint density at radius 3 is 2.70 bits per heavy atom. The van der Waals surface area contributed by atoms with Crippen molar-refractivity contribution in [1.82, 2.24) is 9.66 Å². The van der Waals surface area contributed by atoms with Gasteiger partial charge in [-0.2, -0.15) is 9.78 Å². The van der Waals surface area contributed by atoms with Crippen molar-refractivity contribution in [3.8, 4) is 23.1 Å². The molecule has 0 radical (unpaired) electrons. The predicted octanol–water partition coefficient (Wildman–Crippen LogP) is 7.18. The number of hydrogen-bond acceptors (Lipinski definition) is 6. The number of methoxy groups -OCH3 is 1. The van der Waals surface area contributed by atoms with Crippen LogP contribution < -0.4 is 15.0 Å². The van der Waals surface area contributed by atoms with Gasteiger partial charge in [-0.3, -0.25) is 4.79 Å². The molecule has 0 spiro atoms. The van der Waals surface area contributed by atoms with E-state index in [9.17, 15) is 4.79 Å². The van der Waals surface area contributed by atoms with Crippen LogP contribution in [0, 0.1) is 0 Å². The summed E-state index contributed by atoms with van der Waals surface area (Å²) in [7, 11) is 1.54. The summed E-state index contributed by atoms with van der Waals surface area (Å²) >= 11 is 12.5. The van der Waals surface area contributed by atoms with Gasteiger partial charge in [-0.25, -0.2) is 4.98 Å². The van der Waals surface area contributed by atoms with E-state index in [0.717, 1.165) is 11.8 Å². The zero-order valence-electron chi connectivity index (χ0n) is 20.4. The molecule has 5 aromatic rings. The van der Waals surface area contributed by atoms with Gasteiger partial charge in [0.2, 0.25) is 5.82 Å². The summed E-state index contributed by atoms with van der Waals surface area (Å²) in [5, 5.41) is 6.75. The minimum absolute atomic E-state index is 0.0785. The lowest BCUT2D eigenvalue weighted by Gasteiger charge is -2.18. The third kappa shape index (κ3) is 4.92. The maximum absolute atomic E-state index is 13.6. The van der Waals surface area contributed by atoms with Gasteiger partial charge in [0.25, 0.3) is 5.56 Å². The second-order valence-electron chi connectivity index (χ2n) is 8.47. The van der Waals surface area contributed by atoms with Crippen molar-refractivity contribution in [3.63, 3.8) is 0 Å². The quantitative estimate of drug-likeness (QED) is 0.206. The molecular formula is C28H23Cl2N3O4. The zero-order valence-corrected chi connectivity index (χ0v) is 21.9. The number of rotatable bonds is 7. The molecule has 0 N–H and O–H groups in total. The van der Waals surface area contributed by atoms with Crippen LogP contribution in [-0.2, 0) is 0 Å². The second kappa shape index (κ2) is 10.3. The lowest BCUT2D eigenvalue weighted by atomic mass is 10.2. The van der Waals surface area contributed by atoms with E-state index in [1.165, 1.54) is 10.9 Å². The van der Waals surface area contributed by atoms with Crippen LogP contribution in [0.4, 0.5) is 0 Å². The first-order chi connectivity index (χ1) is 17.9. The third-order valence-electron chi connectivity index (χ3n) is 5.93. The molecule has 0 fully saturated rings. The number of halogens is 2. The largest absolute Gasteiger partial charge is 0.493 e. The molecule has 2 heterocycles. The monoisotopic (exact) mass is 535 g/mol. The van der Waals surface area contributed by atoms with E-state index in [-0.39, 0.29) is 17.5 Å². The van der Waals surface area contributed by atoms with Crippen molar-refractivity contribution in [2.45, 2.75) is 26.4 Å². The summed E-state index contributed by atoms with van der Waals surface area (Å²) in [5.74, 6) is 1.56. The van der Waals surface area contributed by atoms with Gasteiger partial charge in [0.15, 0.2) is 17.3 Å². The smallest absolute Gasteiger partial charge is 0.282 e. The van der Waals surface area contributed by atoms with Crippen LogP contribution >= 0.6 is 23.2 Å². The summed E-state index contributed by atoms with van der Waals surface area (Å²) < 4.78 is 18.9. The van der Waals surface area contributed by atoms with Crippen LogP contribution in [0.2, 0.25) is 10.0 Å². The first kappa shape index (κ1) is 24.9. The summed E-state index contributed by atoms with van der Waals surface area (Å²) in [6, 6.07) is 17.5. The Morgan fingerprint density at radius 1 is 1.11 bits per heavy atom. The average molecular weight is 536 g/mol. The van der Waals surface area contributed by atoms with E-state index in [4.69, 9.17) is 42.1 Å². The fourth-order valence-corrected chi connectivity index (χ4v) is 4.28. The number of para-hydroxylation sites is 1. The molecule has 0 bridgehead atoms. The molecule has 0 amide bonds. The Kier molecular flexibility index (Phi) is 6.91. The lowest BCUT2D eigenvalue weighted by Crippen LogP contribution is -2.20. The van der Waals surface area contributed by atoms with E-state index < -0.39 is 0 Å². The number of nitrogens with zero attached hydrogens (tertiary/aromatic N) is 3. The zero-order chi connectivity index (χ0) is 26.1. The first-order valence-electron chi connectivity index (χ1n) is 11.7. The van der Waals surface area contributed by atoms with Crippen LogP contribution in [0.3, 0.4) is 0 Å². The van der Waals surface area contributed by atoms with Gasteiger partial charge in [-0.15, -0.1) is 0 Å². The Hall–Kier alpha value is -3.81. The maximum Gasteiger partial charge on any atom is 0.282 e. The summed E-state index contributed by atoms with van der Waals surface area (Å²) in [5.41, 5.74) is 1.33. The van der Waals surface area contributed by atoms with Gasteiger partial charge in [-0.1, -0.05) is 42.3 Å². The van der Waals surface area contributed by atoms with Crippen molar-refractivity contribution < 1.29 is 13.9 Å². The van der Waals surface area contributed by atoms with E-state index in [2.05, 4.69) is 5.10 Å². The van der Waals surface area contributed by atoms with E-state index >= 15 is 0 Å². The molecule has 5 rings (SSSR count). The molecular weight excluding hydrogens is 513 g/mol. The highest BCUT2D eigenvalue weighted by Crippen LogP contribution is 2.35. The van der Waals surface area contributed by atoms with E-state index in [1.807, 2.05) is 19.9 Å². The van der Waals surface area contributed by atoms with Crippen molar-refractivity contribution in [3.05, 3.63) is 86.6 Å². The maximum atomic E-state index is 13.6. The van der Waals surface area contributed by atoms with Gasteiger partial charge in [0, 0.05) is 27.1 Å². The van der Waals surface area contributed by atoms with Crippen LogP contribution in [0.1, 0.15) is 25.8 Å². The summed E-state index contributed by atoms with van der Waals surface area (Å²) in [6.07, 6.45) is 2.22. The molecule has 9 heteroatoms. The second-order valence-corrected chi connectivity index (χ2v) is 9.34. The van der Waals surface area contributed by atoms with Crippen molar-refractivity contribution >= 4 is 51.3 Å². The Bertz CT molecular complexity index is 1710. The summed E-state index contributed by atoms with van der Waals surface area (Å²) in [6.45, 7) is 3.98. The lowest BCUT2D eigenvalue weighted by molar-refractivity contribution is 0.207. The summed E-state index contributed by atoms with van der Waals surface area (Å²) in [4.78, 5) is 18.3. The fourth-order valence-electron chi connectivity index (χ4n) is 3.88. The van der Waals surface area contributed by atoms with Gasteiger partial charge in [-0.05, 0) is 55.8 Å². The molecule has 2 aromatic heterocycles. The van der Waals surface area contributed by atoms with Gasteiger partial charge in [0.1, 0.15) is 5.58 Å². The van der Waals surface area contributed by atoms with Crippen molar-refractivity contribution in [2.24, 2.45) is 5.10 Å². The topological polar surface area (TPSA) is 78.9 Å². The van der Waals surface area contributed by atoms with Crippen LogP contribution in [-0.4, -0.2) is 29.1 Å². The fraction of sp³-hybridized carbons (Fsp3) is 0.179. The minimum Gasteiger partial charge on any atom is -0.493 e. The number of benzene rings is 3. The Balaban J connectivity index is 1.71. The molecule has 3 aromatic carbocycles. The molecule has 7 nitrogen and oxygen atoms in total. The molecule has 0 saturated heterocycles. The van der Waals surface area contributed by atoms with E-state index in [1.54, 1.807) is 61.7 Å². The van der Waals surface area contributed by atoms with Gasteiger partial charge in [0.05, 0.1) is 30.3 Å². The highest BCUT2D eigenvalue weighted by atomic mass is 35.5. The molecule has 0 unspecified atom stereocenters. The van der Waals surface area contributed by atoms with Crippen LogP contribution in [0.15, 0.2) is 75.0 Å². The van der Waals surface area contributed by atoms with Gasteiger partial charge < -0.3 is 13.9 Å². The molecule has 0 aliphatic heterocycles. The molecule has 0 saturated carbocycles. The molecule has 188 valence electrons. The normalized spacial score (nSPS) is 12.5.